The van der Waals surface area contributed by atoms with Crippen molar-refractivity contribution in [2.75, 3.05) is 5.32 Å². The van der Waals surface area contributed by atoms with Crippen molar-refractivity contribution in [3.63, 3.8) is 0 Å². The molecule has 1 atom stereocenters. The van der Waals surface area contributed by atoms with Gasteiger partial charge in [0.15, 0.2) is 0 Å². The van der Waals surface area contributed by atoms with Crippen LogP contribution >= 0.6 is 15.9 Å². The lowest BCUT2D eigenvalue weighted by Gasteiger charge is -2.16. The van der Waals surface area contributed by atoms with Crippen molar-refractivity contribution >= 4 is 21.6 Å². The summed E-state index contributed by atoms with van der Waals surface area (Å²) in [5.41, 5.74) is 4.39. The summed E-state index contributed by atoms with van der Waals surface area (Å²) in [6.45, 7) is 1.79. The zero-order valence-electron chi connectivity index (χ0n) is 10.7. The molecule has 0 saturated heterocycles. The molecule has 0 saturated carbocycles. The summed E-state index contributed by atoms with van der Waals surface area (Å²) in [5.74, 6) is -0.153. The topological polar surface area (TPSA) is 12.0 Å². The number of aryl methyl sites for hydroxylation is 1. The lowest BCUT2D eigenvalue weighted by atomic mass is 10.1. The van der Waals surface area contributed by atoms with Gasteiger partial charge in [-0.1, -0.05) is 28.1 Å². The third kappa shape index (κ3) is 2.39. The molecule has 0 spiro atoms. The van der Waals surface area contributed by atoms with E-state index in [1.807, 2.05) is 6.07 Å². The first-order chi connectivity index (χ1) is 9.15. The summed E-state index contributed by atoms with van der Waals surface area (Å²) in [4.78, 5) is 0. The van der Waals surface area contributed by atoms with Gasteiger partial charge in [0.1, 0.15) is 5.82 Å². The molecule has 3 rings (SSSR count). The molecule has 0 heterocycles. The lowest BCUT2D eigenvalue weighted by Crippen LogP contribution is -2.07. The second-order valence-electron chi connectivity index (χ2n) is 5.01. The molecule has 0 aliphatic heterocycles. The van der Waals surface area contributed by atoms with Crippen LogP contribution in [0.25, 0.3) is 0 Å². The highest BCUT2D eigenvalue weighted by molar-refractivity contribution is 9.10. The summed E-state index contributed by atoms with van der Waals surface area (Å²) < 4.78 is 14.5. The van der Waals surface area contributed by atoms with Crippen LogP contribution in [0.5, 0.6) is 0 Å². The Morgan fingerprint density at radius 2 is 2.11 bits per heavy atom. The fourth-order valence-electron chi connectivity index (χ4n) is 2.70. The molecule has 3 heteroatoms. The van der Waals surface area contributed by atoms with Crippen LogP contribution < -0.4 is 5.32 Å². The number of benzene rings is 2. The molecule has 19 heavy (non-hydrogen) atoms. The van der Waals surface area contributed by atoms with Crippen LogP contribution in [-0.4, -0.2) is 0 Å². The van der Waals surface area contributed by atoms with Crippen molar-refractivity contribution < 1.29 is 4.39 Å². The molecule has 0 radical (unpaired) electrons. The molecule has 2 aromatic carbocycles. The van der Waals surface area contributed by atoms with Crippen molar-refractivity contribution in [1.82, 2.24) is 0 Å². The van der Waals surface area contributed by atoms with E-state index in [4.69, 9.17) is 0 Å². The van der Waals surface area contributed by atoms with Gasteiger partial charge in [-0.2, -0.15) is 0 Å². The highest BCUT2D eigenvalue weighted by atomic mass is 79.9. The molecule has 98 valence electrons. The molecule has 1 aliphatic rings. The van der Waals surface area contributed by atoms with Gasteiger partial charge in [-0.25, -0.2) is 4.39 Å². The molecule has 0 amide bonds. The average molecular weight is 320 g/mol. The molecule has 1 aliphatic carbocycles. The molecule has 0 fully saturated rings. The number of hydrogen-bond donors (Lipinski definition) is 1. The number of nitrogens with one attached hydrogen (secondary N) is 1. The zero-order valence-corrected chi connectivity index (χ0v) is 12.3. The molecule has 1 N–H and O–H groups in total. The van der Waals surface area contributed by atoms with Gasteiger partial charge in [0.2, 0.25) is 0 Å². The third-order valence-corrected chi connectivity index (χ3v) is 4.46. The number of halogens is 2. The van der Waals surface area contributed by atoms with Crippen LogP contribution in [0.4, 0.5) is 10.1 Å². The lowest BCUT2D eigenvalue weighted by molar-refractivity contribution is 0.618. The van der Waals surface area contributed by atoms with E-state index in [0.29, 0.717) is 11.6 Å². The summed E-state index contributed by atoms with van der Waals surface area (Å²) >= 11 is 3.60. The van der Waals surface area contributed by atoms with Crippen LogP contribution in [0.1, 0.15) is 29.2 Å². The molecular formula is C16H15BrFN. The smallest absolute Gasteiger partial charge is 0.126 e. The Kier molecular flexibility index (Phi) is 3.31. The molecule has 0 bridgehead atoms. The van der Waals surface area contributed by atoms with Gasteiger partial charge in [-0.15, -0.1) is 0 Å². The molecule has 1 unspecified atom stereocenters. The number of fused-ring (bicyclic) bond motifs is 1. The maximum Gasteiger partial charge on any atom is 0.126 e. The molecule has 1 nitrogen and oxygen atoms in total. The van der Waals surface area contributed by atoms with Crippen LogP contribution in [0, 0.1) is 12.7 Å². The first-order valence-electron chi connectivity index (χ1n) is 6.45. The Morgan fingerprint density at radius 1 is 1.26 bits per heavy atom. The van der Waals surface area contributed by atoms with Crippen LogP contribution in [0.3, 0.4) is 0 Å². The SMILES string of the molecule is Cc1cc(NC2CCc3c(Br)cccc32)ccc1F. The van der Waals surface area contributed by atoms with E-state index in [0.717, 1.165) is 18.5 Å². The van der Waals surface area contributed by atoms with Gasteiger partial charge in [0.25, 0.3) is 0 Å². The van der Waals surface area contributed by atoms with Crippen LogP contribution in [-0.2, 0) is 6.42 Å². The van der Waals surface area contributed by atoms with Crippen molar-refractivity contribution in [1.29, 1.82) is 0 Å². The van der Waals surface area contributed by atoms with Gasteiger partial charge >= 0.3 is 0 Å². The standard InChI is InChI=1S/C16H15BrFN/c1-10-9-11(5-7-15(10)18)19-16-8-6-12-13(16)3-2-4-14(12)17/h2-5,7,9,16,19H,6,8H2,1H3. The van der Waals surface area contributed by atoms with Crippen molar-refractivity contribution in [3.8, 4) is 0 Å². The average Bonchev–Trinajstić information content (AvgIpc) is 2.79. The Bertz CT molecular complexity index is 624. The van der Waals surface area contributed by atoms with E-state index in [1.54, 1.807) is 13.0 Å². The number of hydrogen-bond acceptors (Lipinski definition) is 1. The van der Waals surface area contributed by atoms with Crippen molar-refractivity contribution in [3.05, 3.63) is 63.4 Å². The molecule has 0 aromatic heterocycles. The van der Waals surface area contributed by atoms with Crippen molar-refractivity contribution in [2.24, 2.45) is 0 Å². The quantitative estimate of drug-likeness (QED) is 0.821. The van der Waals surface area contributed by atoms with E-state index in [2.05, 4.69) is 39.4 Å². The summed E-state index contributed by atoms with van der Waals surface area (Å²) in [6, 6.07) is 11.8. The monoisotopic (exact) mass is 319 g/mol. The predicted octanol–water partition coefficient (Wildman–Crippen LogP) is 5.00. The minimum atomic E-state index is -0.153. The van der Waals surface area contributed by atoms with E-state index < -0.39 is 0 Å². The Hall–Kier alpha value is -1.35. The van der Waals surface area contributed by atoms with E-state index in [-0.39, 0.29) is 5.82 Å². The fourth-order valence-corrected chi connectivity index (χ4v) is 3.28. The Morgan fingerprint density at radius 3 is 2.89 bits per heavy atom. The minimum Gasteiger partial charge on any atom is -0.378 e. The van der Waals surface area contributed by atoms with Crippen LogP contribution in [0.15, 0.2) is 40.9 Å². The third-order valence-electron chi connectivity index (χ3n) is 3.71. The molecule has 2 aromatic rings. The van der Waals surface area contributed by atoms with Gasteiger partial charge in [-0.3, -0.25) is 0 Å². The highest BCUT2D eigenvalue weighted by Crippen LogP contribution is 2.37. The van der Waals surface area contributed by atoms with E-state index >= 15 is 0 Å². The summed E-state index contributed by atoms with van der Waals surface area (Å²) in [7, 11) is 0. The predicted molar refractivity (Wildman–Crippen MR) is 80.0 cm³/mol. The Balaban J connectivity index is 1.86. The second kappa shape index (κ2) is 4.97. The maximum absolute atomic E-state index is 13.3. The van der Waals surface area contributed by atoms with E-state index in [1.165, 1.54) is 21.7 Å². The normalized spacial score (nSPS) is 17.3. The summed E-state index contributed by atoms with van der Waals surface area (Å²) in [6.07, 6.45) is 2.16. The van der Waals surface area contributed by atoms with Gasteiger partial charge in [-0.05, 0) is 60.7 Å². The molecular weight excluding hydrogens is 305 g/mol. The zero-order chi connectivity index (χ0) is 13.4. The van der Waals surface area contributed by atoms with E-state index in [9.17, 15) is 4.39 Å². The Labute approximate surface area is 121 Å². The van der Waals surface area contributed by atoms with Crippen molar-refractivity contribution in [2.45, 2.75) is 25.8 Å². The largest absolute Gasteiger partial charge is 0.378 e. The van der Waals surface area contributed by atoms with Gasteiger partial charge < -0.3 is 5.32 Å². The summed E-state index contributed by atoms with van der Waals surface area (Å²) in [5, 5.41) is 3.50. The fraction of sp³-hybridized carbons (Fsp3) is 0.250. The second-order valence-corrected chi connectivity index (χ2v) is 5.86. The number of anilines is 1. The first kappa shape index (κ1) is 12.7. The van der Waals surface area contributed by atoms with Crippen LogP contribution in [0.2, 0.25) is 0 Å². The maximum atomic E-state index is 13.3. The number of rotatable bonds is 2. The highest BCUT2D eigenvalue weighted by Gasteiger charge is 2.23. The minimum absolute atomic E-state index is 0.153. The first-order valence-corrected chi connectivity index (χ1v) is 7.24. The van der Waals surface area contributed by atoms with Gasteiger partial charge in [0, 0.05) is 10.2 Å². The van der Waals surface area contributed by atoms with Gasteiger partial charge in [0.05, 0.1) is 6.04 Å².